The first kappa shape index (κ1) is 15.1. The van der Waals surface area contributed by atoms with Crippen molar-refractivity contribution in [1.29, 1.82) is 0 Å². The van der Waals surface area contributed by atoms with Crippen LogP contribution >= 0.6 is 0 Å². The molecule has 24 heavy (non-hydrogen) atoms. The predicted molar refractivity (Wildman–Crippen MR) is 92.8 cm³/mol. The number of amides is 1. The van der Waals surface area contributed by atoms with E-state index in [4.69, 9.17) is 0 Å². The molecule has 0 radical (unpaired) electrons. The molecule has 5 nitrogen and oxygen atoms in total. The lowest BCUT2D eigenvalue weighted by Crippen LogP contribution is -2.33. The van der Waals surface area contributed by atoms with E-state index in [1.165, 1.54) is 12.8 Å². The Kier molecular flexibility index (Phi) is 4.15. The fourth-order valence-electron chi connectivity index (χ4n) is 3.29. The molecule has 1 saturated carbocycles. The zero-order chi connectivity index (χ0) is 16.4. The molecule has 0 aromatic carbocycles. The van der Waals surface area contributed by atoms with E-state index in [0.29, 0.717) is 18.3 Å². The van der Waals surface area contributed by atoms with Gasteiger partial charge in [-0.2, -0.15) is 0 Å². The summed E-state index contributed by atoms with van der Waals surface area (Å²) in [7, 11) is 0. The molecular formula is C19H22N4O. The van der Waals surface area contributed by atoms with Crippen molar-refractivity contribution in [3.8, 4) is 0 Å². The van der Waals surface area contributed by atoms with Crippen molar-refractivity contribution in [2.24, 2.45) is 0 Å². The van der Waals surface area contributed by atoms with Gasteiger partial charge in [-0.15, -0.1) is 0 Å². The van der Waals surface area contributed by atoms with Gasteiger partial charge in [-0.3, -0.25) is 14.8 Å². The lowest BCUT2D eigenvalue weighted by atomic mass is 10.2. The minimum absolute atomic E-state index is 0.0374. The number of carbonyl (C=O) groups is 1. The molecule has 0 bridgehead atoms. The summed E-state index contributed by atoms with van der Waals surface area (Å²) in [5.74, 6) is 0.0374. The molecule has 0 N–H and O–H groups in total. The van der Waals surface area contributed by atoms with Crippen LogP contribution in [0.3, 0.4) is 0 Å². The number of aromatic nitrogens is 2. The van der Waals surface area contributed by atoms with Crippen LogP contribution in [0.4, 0.5) is 5.69 Å². The van der Waals surface area contributed by atoms with E-state index >= 15 is 0 Å². The monoisotopic (exact) mass is 322 g/mol. The Balaban J connectivity index is 1.55. The molecule has 1 aliphatic heterocycles. The number of hydrogen-bond donors (Lipinski definition) is 0. The minimum Gasteiger partial charge on any atom is -0.371 e. The van der Waals surface area contributed by atoms with Crippen LogP contribution in [-0.4, -0.2) is 39.9 Å². The lowest BCUT2D eigenvalue weighted by molar-refractivity contribution is 0.0724. The van der Waals surface area contributed by atoms with E-state index in [0.717, 1.165) is 37.2 Å². The summed E-state index contributed by atoms with van der Waals surface area (Å²) in [6.07, 6.45) is 9.93. The van der Waals surface area contributed by atoms with Gasteiger partial charge in [0.2, 0.25) is 0 Å². The minimum atomic E-state index is 0.0374. The second-order valence-electron chi connectivity index (χ2n) is 6.61. The first-order chi connectivity index (χ1) is 11.8. The molecule has 1 amide bonds. The van der Waals surface area contributed by atoms with E-state index in [-0.39, 0.29) is 5.91 Å². The molecule has 2 aromatic rings. The van der Waals surface area contributed by atoms with Gasteiger partial charge in [-0.1, -0.05) is 0 Å². The molecule has 0 atom stereocenters. The summed E-state index contributed by atoms with van der Waals surface area (Å²) >= 11 is 0. The van der Waals surface area contributed by atoms with Gasteiger partial charge in [-0.05, 0) is 55.5 Å². The highest BCUT2D eigenvalue weighted by atomic mass is 16.2. The van der Waals surface area contributed by atoms with Crippen LogP contribution < -0.4 is 4.90 Å². The van der Waals surface area contributed by atoms with Crippen LogP contribution in [0.2, 0.25) is 0 Å². The Labute approximate surface area is 142 Å². The van der Waals surface area contributed by atoms with Gasteiger partial charge in [-0.25, -0.2) is 0 Å². The normalized spacial score (nSPS) is 17.1. The molecule has 3 heterocycles. The van der Waals surface area contributed by atoms with Gasteiger partial charge >= 0.3 is 0 Å². The number of pyridine rings is 2. The summed E-state index contributed by atoms with van der Waals surface area (Å²) in [5, 5.41) is 0. The molecule has 0 unspecified atom stereocenters. The lowest BCUT2D eigenvalue weighted by Gasteiger charge is -2.23. The zero-order valence-electron chi connectivity index (χ0n) is 13.8. The second kappa shape index (κ2) is 6.59. The van der Waals surface area contributed by atoms with E-state index in [1.54, 1.807) is 18.6 Å². The van der Waals surface area contributed by atoms with Gasteiger partial charge < -0.3 is 9.80 Å². The second-order valence-corrected chi connectivity index (χ2v) is 6.61. The third kappa shape index (κ3) is 3.25. The van der Waals surface area contributed by atoms with E-state index in [2.05, 4.69) is 14.9 Å². The largest absolute Gasteiger partial charge is 0.371 e. The quantitative estimate of drug-likeness (QED) is 0.849. The Morgan fingerprint density at radius 3 is 2.58 bits per heavy atom. The summed E-state index contributed by atoms with van der Waals surface area (Å²) < 4.78 is 0. The molecule has 5 heteroatoms. The van der Waals surface area contributed by atoms with Gasteiger partial charge in [0, 0.05) is 50.0 Å². The highest BCUT2D eigenvalue weighted by molar-refractivity contribution is 5.93. The Hall–Kier alpha value is -2.43. The van der Waals surface area contributed by atoms with E-state index < -0.39 is 0 Å². The first-order valence-corrected chi connectivity index (χ1v) is 8.72. The Morgan fingerprint density at radius 2 is 1.88 bits per heavy atom. The zero-order valence-corrected chi connectivity index (χ0v) is 13.8. The Morgan fingerprint density at radius 1 is 1.12 bits per heavy atom. The topological polar surface area (TPSA) is 49.3 Å². The van der Waals surface area contributed by atoms with E-state index in [1.807, 2.05) is 29.2 Å². The fraction of sp³-hybridized carbons (Fsp3) is 0.421. The summed E-state index contributed by atoms with van der Waals surface area (Å²) in [6.45, 7) is 2.77. The highest BCUT2D eigenvalue weighted by Gasteiger charge is 2.33. The standard InChI is InChI=1S/C19H22N4O/c24-19(18-13-17(7-10-21-18)22-11-1-2-12-22)23(16-3-4-16)14-15-5-8-20-9-6-15/h5-10,13,16H,1-4,11-12,14H2. The molecule has 2 fully saturated rings. The SMILES string of the molecule is O=C(c1cc(N2CCCC2)ccn1)N(Cc1ccncc1)C1CC1. The Bertz CT molecular complexity index is 708. The number of nitrogens with zero attached hydrogens (tertiary/aromatic N) is 4. The van der Waals surface area contributed by atoms with Crippen molar-refractivity contribution in [1.82, 2.24) is 14.9 Å². The molecule has 0 spiro atoms. The number of carbonyl (C=O) groups excluding carboxylic acids is 1. The van der Waals surface area contributed by atoms with E-state index in [9.17, 15) is 4.79 Å². The van der Waals surface area contributed by atoms with Crippen LogP contribution in [-0.2, 0) is 6.54 Å². The number of hydrogen-bond acceptors (Lipinski definition) is 4. The predicted octanol–water partition coefficient (Wildman–Crippen LogP) is 2.88. The van der Waals surface area contributed by atoms with Crippen LogP contribution in [0.5, 0.6) is 0 Å². The molecule has 4 rings (SSSR count). The maximum absolute atomic E-state index is 13.0. The third-order valence-corrected chi connectivity index (χ3v) is 4.78. The molecular weight excluding hydrogens is 300 g/mol. The number of anilines is 1. The van der Waals surface area contributed by atoms with Crippen molar-refractivity contribution in [2.45, 2.75) is 38.3 Å². The average molecular weight is 322 g/mol. The van der Waals surface area contributed by atoms with Crippen molar-refractivity contribution in [3.63, 3.8) is 0 Å². The van der Waals surface area contributed by atoms with Gasteiger partial charge in [0.1, 0.15) is 5.69 Å². The molecule has 1 saturated heterocycles. The maximum atomic E-state index is 13.0. The summed E-state index contributed by atoms with van der Waals surface area (Å²) in [5.41, 5.74) is 2.78. The maximum Gasteiger partial charge on any atom is 0.273 e. The number of rotatable bonds is 5. The molecule has 124 valence electrons. The van der Waals surface area contributed by atoms with Crippen molar-refractivity contribution in [3.05, 3.63) is 54.1 Å². The third-order valence-electron chi connectivity index (χ3n) is 4.78. The highest BCUT2D eigenvalue weighted by Crippen LogP contribution is 2.30. The van der Waals surface area contributed by atoms with Gasteiger partial charge in [0.15, 0.2) is 0 Å². The van der Waals surface area contributed by atoms with Crippen LogP contribution in [0, 0.1) is 0 Å². The summed E-state index contributed by atoms with van der Waals surface area (Å²) in [6, 6.07) is 8.25. The summed E-state index contributed by atoms with van der Waals surface area (Å²) in [4.78, 5) is 25.7. The molecule has 1 aliphatic carbocycles. The first-order valence-electron chi connectivity index (χ1n) is 8.72. The van der Waals surface area contributed by atoms with Gasteiger partial charge in [0.25, 0.3) is 5.91 Å². The smallest absolute Gasteiger partial charge is 0.273 e. The van der Waals surface area contributed by atoms with Crippen LogP contribution in [0.25, 0.3) is 0 Å². The van der Waals surface area contributed by atoms with Crippen molar-refractivity contribution in [2.75, 3.05) is 18.0 Å². The van der Waals surface area contributed by atoms with Crippen LogP contribution in [0.15, 0.2) is 42.9 Å². The fourth-order valence-corrected chi connectivity index (χ4v) is 3.29. The van der Waals surface area contributed by atoms with Gasteiger partial charge in [0.05, 0.1) is 0 Å². The molecule has 2 aromatic heterocycles. The average Bonchev–Trinajstić information content (AvgIpc) is 3.33. The molecule has 2 aliphatic rings. The van der Waals surface area contributed by atoms with Crippen molar-refractivity contribution < 1.29 is 4.79 Å². The van der Waals surface area contributed by atoms with Crippen molar-refractivity contribution >= 4 is 11.6 Å². The van der Waals surface area contributed by atoms with Crippen LogP contribution in [0.1, 0.15) is 41.7 Å².